The van der Waals surface area contributed by atoms with Gasteiger partial charge in [0, 0.05) is 17.6 Å². The lowest BCUT2D eigenvalue weighted by molar-refractivity contribution is 0.253. The van der Waals surface area contributed by atoms with Crippen LogP contribution in [0.1, 0.15) is 24.8 Å². The zero-order chi connectivity index (χ0) is 12.3. The van der Waals surface area contributed by atoms with E-state index in [0.717, 1.165) is 36.0 Å². The number of aliphatic hydroxyl groups is 1. The molecule has 0 amide bonds. The van der Waals surface area contributed by atoms with E-state index in [9.17, 15) is 0 Å². The van der Waals surface area contributed by atoms with Crippen LogP contribution in [0.3, 0.4) is 0 Å². The van der Waals surface area contributed by atoms with Gasteiger partial charge in [0.1, 0.15) is 6.07 Å². The van der Waals surface area contributed by atoms with Gasteiger partial charge in [-0.15, -0.1) is 0 Å². The third-order valence-corrected chi connectivity index (χ3v) is 3.85. The molecule has 1 aliphatic carbocycles. The molecule has 0 aromatic heterocycles. The highest BCUT2D eigenvalue weighted by atomic mass is 79.9. The number of aliphatic hydroxyl groups excluding tert-OH is 1. The lowest BCUT2D eigenvalue weighted by atomic mass is 10.0. The Hall–Kier alpha value is -1.05. The van der Waals surface area contributed by atoms with Crippen LogP contribution >= 0.6 is 15.9 Å². The summed E-state index contributed by atoms with van der Waals surface area (Å²) < 4.78 is 0.964. The number of halogens is 1. The van der Waals surface area contributed by atoms with Gasteiger partial charge in [-0.2, -0.15) is 5.26 Å². The first-order valence-electron chi connectivity index (χ1n) is 5.73. The van der Waals surface area contributed by atoms with E-state index in [0.29, 0.717) is 5.56 Å². The number of anilines is 1. The Kier molecular flexibility index (Phi) is 3.70. The Morgan fingerprint density at radius 3 is 2.82 bits per heavy atom. The molecular formula is C13H15BrN2O. The van der Waals surface area contributed by atoms with Crippen molar-refractivity contribution < 1.29 is 5.11 Å². The molecule has 3 nitrogen and oxygen atoms in total. The van der Waals surface area contributed by atoms with E-state index in [1.807, 2.05) is 12.1 Å². The highest BCUT2D eigenvalue weighted by molar-refractivity contribution is 9.10. The van der Waals surface area contributed by atoms with Gasteiger partial charge in [0.15, 0.2) is 0 Å². The first-order valence-corrected chi connectivity index (χ1v) is 6.53. The predicted octanol–water partition coefficient (Wildman–Crippen LogP) is 2.90. The lowest BCUT2D eigenvalue weighted by Crippen LogP contribution is -2.17. The molecule has 0 saturated heterocycles. The monoisotopic (exact) mass is 294 g/mol. The van der Waals surface area contributed by atoms with Crippen LogP contribution in [0.25, 0.3) is 0 Å². The standard InChI is InChI=1S/C13H15BrN2O/c14-11-2-1-10(8-15)12(7-11)16-9-13(3-4-13)5-6-17/h1-2,7,16-17H,3-6,9H2. The average Bonchev–Trinajstić information content (AvgIpc) is 3.08. The molecule has 17 heavy (non-hydrogen) atoms. The lowest BCUT2D eigenvalue weighted by Gasteiger charge is -2.16. The average molecular weight is 295 g/mol. The minimum Gasteiger partial charge on any atom is -0.396 e. The highest BCUT2D eigenvalue weighted by Crippen LogP contribution is 2.48. The summed E-state index contributed by atoms with van der Waals surface area (Å²) in [6.07, 6.45) is 3.17. The van der Waals surface area contributed by atoms with E-state index in [-0.39, 0.29) is 12.0 Å². The fraction of sp³-hybridized carbons (Fsp3) is 0.462. The van der Waals surface area contributed by atoms with Crippen LogP contribution in [0.15, 0.2) is 22.7 Å². The SMILES string of the molecule is N#Cc1ccc(Br)cc1NCC1(CCO)CC1. The van der Waals surface area contributed by atoms with Crippen molar-refractivity contribution in [3.05, 3.63) is 28.2 Å². The van der Waals surface area contributed by atoms with E-state index in [1.54, 1.807) is 6.07 Å². The van der Waals surface area contributed by atoms with Crippen molar-refractivity contribution in [3.8, 4) is 6.07 Å². The smallest absolute Gasteiger partial charge is 0.101 e. The number of nitriles is 1. The zero-order valence-electron chi connectivity index (χ0n) is 9.54. The minimum atomic E-state index is 0.241. The van der Waals surface area contributed by atoms with Crippen LogP contribution in [0, 0.1) is 16.7 Å². The van der Waals surface area contributed by atoms with Gasteiger partial charge < -0.3 is 10.4 Å². The summed E-state index contributed by atoms with van der Waals surface area (Å²) in [5, 5.41) is 21.3. The number of nitrogens with zero attached hydrogens (tertiary/aromatic N) is 1. The van der Waals surface area contributed by atoms with Crippen molar-refractivity contribution in [2.24, 2.45) is 5.41 Å². The third kappa shape index (κ3) is 2.99. The number of benzene rings is 1. The molecular weight excluding hydrogens is 280 g/mol. The molecule has 2 rings (SSSR count). The molecule has 0 radical (unpaired) electrons. The van der Waals surface area contributed by atoms with Gasteiger partial charge in [0.05, 0.1) is 11.3 Å². The second-order valence-electron chi connectivity index (χ2n) is 4.63. The molecule has 0 aliphatic heterocycles. The minimum absolute atomic E-state index is 0.241. The van der Waals surface area contributed by atoms with Crippen molar-refractivity contribution >= 4 is 21.6 Å². The zero-order valence-corrected chi connectivity index (χ0v) is 11.1. The molecule has 0 bridgehead atoms. The van der Waals surface area contributed by atoms with Crippen molar-refractivity contribution in [1.82, 2.24) is 0 Å². The van der Waals surface area contributed by atoms with Gasteiger partial charge in [-0.25, -0.2) is 0 Å². The molecule has 0 atom stereocenters. The Balaban J connectivity index is 2.04. The maximum absolute atomic E-state index is 9.01. The molecule has 0 heterocycles. The van der Waals surface area contributed by atoms with Crippen molar-refractivity contribution in [1.29, 1.82) is 5.26 Å². The second-order valence-corrected chi connectivity index (χ2v) is 5.54. The van der Waals surface area contributed by atoms with E-state index in [2.05, 4.69) is 27.3 Å². The Morgan fingerprint density at radius 2 is 2.24 bits per heavy atom. The summed E-state index contributed by atoms with van der Waals surface area (Å²) in [5.41, 5.74) is 1.78. The van der Waals surface area contributed by atoms with E-state index in [4.69, 9.17) is 10.4 Å². The predicted molar refractivity (Wildman–Crippen MR) is 70.7 cm³/mol. The summed E-state index contributed by atoms with van der Waals surface area (Å²) in [4.78, 5) is 0. The van der Waals surface area contributed by atoms with Gasteiger partial charge in [-0.3, -0.25) is 0 Å². The molecule has 4 heteroatoms. The molecule has 1 saturated carbocycles. The Labute approximate surface area is 110 Å². The van der Waals surface area contributed by atoms with Gasteiger partial charge in [0.25, 0.3) is 0 Å². The van der Waals surface area contributed by atoms with Gasteiger partial charge in [-0.05, 0) is 42.9 Å². The Bertz CT molecular complexity index is 449. The quantitative estimate of drug-likeness (QED) is 0.878. The molecule has 90 valence electrons. The number of hydrogen-bond acceptors (Lipinski definition) is 3. The van der Waals surface area contributed by atoms with Crippen LogP contribution in [0.2, 0.25) is 0 Å². The third-order valence-electron chi connectivity index (χ3n) is 3.36. The number of hydrogen-bond donors (Lipinski definition) is 2. The maximum atomic E-state index is 9.01. The fourth-order valence-electron chi connectivity index (χ4n) is 1.97. The van der Waals surface area contributed by atoms with Gasteiger partial charge >= 0.3 is 0 Å². The van der Waals surface area contributed by atoms with Crippen LogP contribution < -0.4 is 5.32 Å². The summed E-state index contributed by atoms with van der Waals surface area (Å²) in [6.45, 7) is 1.07. The van der Waals surface area contributed by atoms with E-state index >= 15 is 0 Å². The normalized spacial score (nSPS) is 16.3. The van der Waals surface area contributed by atoms with Crippen LogP contribution in [-0.2, 0) is 0 Å². The van der Waals surface area contributed by atoms with Gasteiger partial charge in [-0.1, -0.05) is 15.9 Å². The van der Waals surface area contributed by atoms with Crippen LogP contribution in [0.5, 0.6) is 0 Å². The molecule has 1 aromatic carbocycles. The first-order chi connectivity index (χ1) is 8.19. The largest absolute Gasteiger partial charge is 0.396 e. The molecule has 1 aliphatic rings. The van der Waals surface area contributed by atoms with E-state index in [1.165, 1.54) is 0 Å². The molecule has 0 unspecified atom stereocenters. The summed E-state index contributed by atoms with van der Waals surface area (Å²) in [5.74, 6) is 0. The first kappa shape index (κ1) is 12.4. The molecule has 1 fully saturated rings. The summed E-state index contributed by atoms with van der Waals surface area (Å²) >= 11 is 3.40. The Morgan fingerprint density at radius 1 is 1.47 bits per heavy atom. The molecule has 0 spiro atoms. The number of rotatable bonds is 5. The maximum Gasteiger partial charge on any atom is 0.101 e. The summed E-state index contributed by atoms with van der Waals surface area (Å²) in [6, 6.07) is 7.77. The van der Waals surface area contributed by atoms with E-state index < -0.39 is 0 Å². The van der Waals surface area contributed by atoms with Crippen molar-refractivity contribution in [2.75, 3.05) is 18.5 Å². The topological polar surface area (TPSA) is 56.0 Å². The number of nitrogens with one attached hydrogen (secondary N) is 1. The molecule has 1 aromatic rings. The van der Waals surface area contributed by atoms with Crippen molar-refractivity contribution in [2.45, 2.75) is 19.3 Å². The summed E-state index contributed by atoms with van der Waals surface area (Å²) in [7, 11) is 0. The molecule has 2 N–H and O–H groups in total. The highest BCUT2D eigenvalue weighted by Gasteiger charge is 2.41. The second kappa shape index (κ2) is 5.07. The van der Waals surface area contributed by atoms with Crippen LogP contribution in [0.4, 0.5) is 5.69 Å². The fourth-order valence-corrected chi connectivity index (χ4v) is 2.33. The van der Waals surface area contributed by atoms with Crippen LogP contribution in [-0.4, -0.2) is 18.3 Å². The van der Waals surface area contributed by atoms with Crippen molar-refractivity contribution in [3.63, 3.8) is 0 Å². The van der Waals surface area contributed by atoms with Gasteiger partial charge in [0.2, 0.25) is 0 Å².